The molecule has 0 aliphatic rings. The van der Waals surface area contributed by atoms with E-state index in [2.05, 4.69) is 6.92 Å². The molecular formula is C9H8F2NO. The molecule has 0 spiro atoms. The fraction of sp³-hybridized carbons (Fsp3) is 0.111. The zero-order chi connectivity index (χ0) is 10.0. The van der Waals surface area contributed by atoms with Crippen molar-refractivity contribution in [2.75, 3.05) is 11.9 Å². The summed E-state index contributed by atoms with van der Waals surface area (Å²) in [7, 11) is 1.37. The van der Waals surface area contributed by atoms with Crippen LogP contribution in [0, 0.1) is 18.6 Å². The minimum atomic E-state index is -0.778. The predicted molar refractivity (Wildman–Crippen MR) is 45.1 cm³/mol. The molecule has 0 fully saturated rings. The van der Waals surface area contributed by atoms with Crippen molar-refractivity contribution in [3.05, 3.63) is 36.8 Å². The molecule has 4 heteroatoms. The molecule has 1 radical (unpaired) electrons. The Hall–Kier alpha value is -1.45. The molecule has 0 N–H and O–H groups in total. The minimum absolute atomic E-state index is 0.0152. The second-order valence-corrected chi connectivity index (χ2v) is 2.55. The molecule has 0 saturated carbocycles. The maximum Gasteiger partial charge on any atom is 0.227 e. The van der Waals surface area contributed by atoms with E-state index in [1.165, 1.54) is 13.1 Å². The minimum Gasteiger partial charge on any atom is -0.313 e. The topological polar surface area (TPSA) is 20.3 Å². The van der Waals surface area contributed by atoms with E-state index in [0.29, 0.717) is 0 Å². The Labute approximate surface area is 74.8 Å². The molecule has 2 nitrogen and oxygen atoms in total. The number of carbonyl (C=O) groups excluding carboxylic acids is 1. The number of anilines is 1. The van der Waals surface area contributed by atoms with Crippen LogP contribution in [0.5, 0.6) is 0 Å². The average molecular weight is 184 g/mol. The standard InChI is InChI=1S/C9H8F2NO/c1-6(13)12(2)9-4-3-7(10)5-8(9)11/h3-5H,1H2,2H3. The van der Waals surface area contributed by atoms with E-state index in [1.807, 2.05) is 0 Å². The van der Waals surface area contributed by atoms with Gasteiger partial charge in [0.1, 0.15) is 11.6 Å². The van der Waals surface area contributed by atoms with Crippen molar-refractivity contribution in [3.8, 4) is 0 Å². The monoisotopic (exact) mass is 184 g/mol. The molecule has 1 aromatic rings. The molecular weight excluding hydrogens is 176 g/mol. The molecule has 0 bridgehead atoms. The third kappa shape index (κ3) is 2.02. The highest BCUT2D eigenvalue weighted by Crippen LogP contribution is 2.18. The molecule has 0 aliphatic carbocycles. The molecule has 69 valence electrons. The van der Waals surface area contributed by atoms with Gasteiger partial charge in [0.25, 0.3) is 0 Å². The van der Waals surface area contributed by atoms with E-state index in [9.17, 15) is 13.6 Å². The van der Waals surface area contributed by atoms with E-state index in [4.69, 9.17) is 0 Å². The van der Waals surface area contributed by atoms with E-state index in [1.54, 1.807) is 0 Å². The smallest absolute Gasteiger partial charge is 0.227 e. The van der Waals surface area contributed by atoms with E-state index in [-0.39, 0.29) is 5.69 Å². The number of hydrogen-bond acceptors (Lipinski definition) is 1. The average Bonchev–Trinajstić information content (AvgIpc) is 2.03. The van der Waals surface area contributed by atoms with E-state index >= 15 is 0 Å². The van der Waals surface area contributed by atoms with Crippen LogP contribution >= 0.6 is 0 Å². The van der Waals surface area contributed by atoms with E-state index in [0.717, 1.165) is 17.0 Å². The van der Waals surface area contributed by atoms with Crippen molar-refractivity contribution < 1.29 is 13.6 Å². The van der Waals surface area contributed by atoms with Crippen LogP contribution in [0.3, 0.4) is 0 Å². The Balaban J connectivity index is 3.08. The lowest BCUT2D eigenvalue weighted by molar-refractivity contribution is -0.114. The van der Waals surface area contributed by atoms with Crippen LogP contribution in [0.2, 0.25) is 0 Å². The zero-order valence-corrected chi connectivity index (χ0v) is 7.05. The number of halogens is 2. The summed E-state index contributed by atoms with van der Waals surface area (Å²) < 4.78 is 25.5. The van der Waals surface area contributed by atoms with Gasteiger partial charge in [-0.2, -0.15) is 0 Å². The summed E-state index contributed by atoms with van der Waals surface area (Å²) in [5, 5.41) is 0. The van der Waals surface area contributed by atoms with Crippen molar-refractivity contribution in [3.63, 3.8) is 0 Å². The number of carbonyl (C=O) groups is 1. The first-order valence-corrected chi connectivity index (χ1v) is 3.57. The highest BCUT2D eigenvalue weighted by Gasteiger charge is 2.11. The highest BCUT2D eigenvalue weighted by atomic mass is 19.1. The summed E-state index contributed by atoms with van der Waals surface area (Å²) in [6.07, 6.45) is 0. The van der Waals surface area contributed by atoms with E-state index < -0.39 is 17.5 Å². The summed E-state index contributed by atoms with van der Waals surface area (Å²) in [5.74, 6) is -2.00. The van der Waals surface area contributed by atoms with Crippen LogP contribution in [0.4, 0.5) is 14.5 Å². The first-order valence-electron chi connectivity index (χ1n) is 3.57. The first kappa shape index (κ1) is 9.64. The van der Waals surface area contributed by atoms with Crippen molar-refractivity contribution in [2.24, 2.45) is 0 Å². The number of nitrogens with zero attached hydrogens (tertiary/aromatic N) is 1. The summed E-state index contributed by atoms with van der Waals surface area (Å²) in [4.78, 5) is 11.7. The van der Waals surface area contributed by atoms with Gasteiger partial charge in [-0.05, 0) is 12.1 Å². The number of amides is 1. The van der Waals surface area contributed by atoms with Gasteiger partial charge in [-0.3, -0.25) is 4.79 Å². The second kappa shape index (κ2) is 3.51. The lowest BCUT2D eigenvalue weighted by atomic mass is 10.2. The highest BCUT2D eigenvalue weighted by molar-refractivity contribution is 5.95. The Kier molecular flexibility index (Phi) is 2.60. The Morgan fingerprint density at radius 3 is 2.54 bits per heavy atom. The third-order valence-corrected chi connectivity index (χ3v) is 1.65. The number of hydrogen-bond donors (Lipinski definition) is 0. The zero-order valence-electron chi connectivity index (χ0n) is 7.05. The summed E-state index contributed by atoms with van der Waals surface area (Å²) in [6.45, 7) is 3.10. The van der Waals surface area contributed by atoms with Gasteiger partial charge in [-0.25, -0.2) is 8.78 Å². The van der Waals surface area contributed by atoms with Gasteiger partial charge in [-0.15, -0.1) is 0 Å². The SMILES string of the molecule is [CH2]C(=O)N(C)c1ccc(F)cc1F. The quantitative estimate of drug-likeness (QED) is 0.651. The summed E-state index contributed by atoms with van der Waals surface area (Å²) in [6, 6.07) is 2.99. The van der Waals surface area contributed by atoms with Crippen LogP contribution in [0.1, 0.15) is 0 Å². The first-order chi connectivity index (χ1) is 6.02. The molecule has 0 aliphatic heterocycles. The third-order valence-electron chi connectivity index (χ3n) is 1.65. The predicted octanol–water partition coefficient (Wildman–Crippen LogP) is 1.76. The fourth-order valence-electron chi connectivity index (χ4n) is 0.888. The van der Waals surface area contributed by atoms with Crippen LogP contribution in [0.15, 0.2) is 18.2 Å². The summed E-state index contributed by atoms with van der Waals surface area (Å²) >= 11 is 0. The van der Waals surface area contributed by atoms with Gasteiger partial charge >= 0.3 is 0 Å². The molecule has 0 atom stereocenters. The van der Waals surface area contributed by atoms with Crippen LogP contribution in [-0.2, 0) is 4.79 Å². The second-order valence-electron chi connectivity index (χ2n) is 2.55. The van der Waals surface area contributed by atoms with Gasteiger partial charge in [0.05, 0.1) is 5.69 Å². The van der Waals surface area contributed by atoms with Crippen molar-refractivity contribution in [1.29, 1.82) is 0 Å². The van der Waals surface area contributed by atoms with Crippen LogP contribution in [0.25, 0.3) is 0 Å². The largest absolute Gasteiger partial charge is 0.313 e. The Bertz CT molecular complexity index is 338. The van der Waals surface area contributed by atoms with Crippen LogP contribution < -0.4 is 4.90 Å². The van der Waals surface area contributed by atoms with Crippen molar-refractivity contribution >= 4 is 11.6 Å². The van der Waals surface area contributed by atoms with Gasteiger partial charge in [0, 0.05) is 20.0 Å². The lowest BCUT2D eigenvalue weighted by Gasteiger charge is -2.15. The Morgan fingerprint density at radius 1 is 1.46 bits per heavy atom. The van der Waals surface area contributed by atoms with Crippen molar-refractivity contribution in [1.82, 2.24) is 0 Å². The maximum atomic E-state index is 13.0. The summed E-state index contributed by atoms with van der Waals surface area (Å²) in [5.41, 5.74) is 0.0152. The lowest BCUT2D eigenvalue weighted by Crippen LogP contribution is -2.24. The van der Waals surface area contributed by atoms with Gasteiger partial charge < -0.3 is 4.90 Å². The molecule has 0 heterocycles. The maximum absolute atomic E-state index is 13.0. The van der Waals surface area contributed by atoms with Gasteiger partial charge in [0.15, 0.2) is 0 Å². The molecule has 1 rings (SSSR count). The molecule has 0 unspecified atom stereocenters. The molecule has 0 saturated heterocycles. The molecule has 13 heavy (non-hydrogen) atoms. The van der Waals surface area contributed by atoms with Gasteiger partial charge in [-0.1, -0.05) is 0 Å². The van der Waals surface area contributed by atoms with Crippen LogP contribution in [-0.4, -0.2) is 13.0 Å². The Morgan fingerprint density at radius 2 is 2.08 bits per heavy atom. The number of benzene rings is 1. The van der Waals surface area contributed by atoms with Gasteiger partial charge in [0.2, 0.25) is 5.91 Å². The normalized spacial score (nSPS) is 9.85. The number of rotatable bonds is 1. The van der Waals surface area contributed by atoms with Crippen molar-refractivity contribution in [2.45, 2.75) is 0 Å². The molecule has 1 aromatic carbocycles. The fourth-order valence-corrected chi connectivity index (χ4v) is 0.888. The molecule has 1 amide bonds. The molecule has 0 aromatic heterocycles.